The SMILES string of the molecule is CCOC(=O)CN(CCOC)c1cnc(C(N)=S)cn1. The highest BCUT2D eigenvalue weighted by Crippen LogP contribution is 2.09. The maximum atomic E-state index is 11.6. The van der Waals surface area contributed by atoms with Crippen LogP contribution in [-0.4, -0.2) is 54.3 Å². The molecule has 1 heterocycles. The van der Waals surface area contributed by atoms with Crippen molar-refractivity contribution in [1.29, 1.82) is 0 Å². The lowest BCUT2D eigenvalue weighted by molar-refractivity contribution is -0.141. The number of esters is 1. The molecule has 0 aliphatic heterocycles. The van der Waals surface area contributed by atoms with E-state index < -0.39 is 0 Å². The molecule has 0 atom stereocenters. The van der Waals surface area contributed by atoms with Crippen molar-refractivity contribution in [2.24, 2.45) is 5.73 Å². The Labute approximate surface area is 123 Å². The van der Waals surface area contributed by atoms with E-state index in [0.717, 1.165) is 0 Å². The van der Waals surface area contributed by atoms with Crippen LogP contribution in [0.3, 0.4) is 0 Å². The molecular weight excluding hydrogens is 280 g/mol. The third-order valence-corrected chi connectivity index (χ3v) is 2.61. The highest BCUT2D eigenvalue weighted by molar-refractivity contribution is 7.80. The maximum Gasteiger partial charge on any atom is 0.325 e. The molecule has 8 heteroatoms. The van der Waals surface area contributed by atoms with Crippen LogP contribution in [0.1, 0.15) is 12.6 Å². The van der Waals surface area contributed by atoms with E-state index in [0.29, 0.717) is 31.3 Å². The molecule has 1 rings (SSSR count). The van der Waals surface area contributed by atoms with E-state index >= 15 is 0 Å². The number of ether oxygens (including phenoxy) is 2. The summed E-state index contributed by atoms with van der Waals surface area (Å²) in [5, 5.41) is 0. The predicted octanol–water partition coefficient (Wildman–Crippen LogP) is 0.127. The number of rotatable bonds is 8. The third kappa shape index (κ3) is 5.06. The lowest BCUT2D eigenvalue weighted by Crippen LogP contribution is -2.34. The minimum absolute atomic E-state index is 0.0816. The molecular formula is C12H18N4O3S. The monoisotopic (exact) mass is 298 g/mol. The van der Waals surface area contributed by atoms with E-state index in [1.54, 1.807) is 18.9 Å². The zero-order valence-corrected chi connectivity index (χ0v) is 12.4. The highest BCUT2D eigenvalue weighted by Gasteiger charge is 2.14. The molecule has 0 fully saturated rings. The second kappa shape index (κ2) is 8.39. The van der Waals surface area contributed by atoms with E-state index in [4.69, 9.17) is 27.4 Å². The number of anilines is 1. The van der Waals surface area contributed by atoms with Gasteiger partial charge >= 0.3 is 5.97 Å². The number of methoxy groups -OCH3 is 1. The van der Waals surface area contributed by atoms with Crippen LogP contribution < -0.4 is 10.6 Å². The van der Waals surface area contributed by atoms with Crippen LogP contribution in [0.5, 0.6) is 0 Å². The van der Waals surface area contributed by atoms with Crippen LogP contribution >= 0.6 is 12.2 Å². The fourth-order valence-corrected chi connectivity index (χ4v) is 1.56. The van der Waals surface area contributed by atoms with Gasteiger partial charge in [-0.1, -0.05) is 12.2 Å². The molecule has 0 amide bonds. The zero-order valence-electron chi connectivity index (χ0n) is 11.5. The second-order valence-corrected chi connectivity index (χ2v) is 4.28. The Morgan fingerprint density at radius 1 is 1.45 bits per heavy atom. The van der Waals surface area contributed by atoms with Gasteiger partial charge in [0.15, 0.2) is 0 Å². The molecule has 0 saturated carbocycles. The topological polar surface area (TPSA) is 90.6 Å². The number of carbonyl (C=O) groups excluding carboxylic acids is 1. The molecule has 0 saturated heterocycles. The van der Waals surface area contributed by atoms with Crippen molar-refractivity contribution < 1.29 is 14.3 Å². The van der Waals surface area contributed by atoms with Crippen LogP contribution in [-0.2, 0) is 14.3 Å². The first kappa shape index (κ1) is 16.3. The van der Waals surface area contributed by atoms with E-state index in [1.165, 1.54) is 12.4 Å². The molecule has 1 aromatic heterocycles. The zero-order chi connectivity index (χ0) is 15.0. The number of nitrogens with two attached hydrogens (primary N) is 1. The molecule has 0 bridgehead atoms. The first-order chi connectivity index (χ1) is 9.58. The molecule has 1 aromatic rings. The number of carbonyl (C=O) groups is 1. The van der Waals surface area contributed by atoms with Crippen LogP contribution in [0.4, 0.5) is 5.82 Å². The Hall–Kier alpha value is -1.80. The van der Waals surface area contributed by atoms with Crippen molar-refractivity contribution in [2.75, 3.05) is 38.3 Å². The van der Waals surface area contributed by atoms with Gasteiger partial charge in [0.25, 0.3) is 0 Å². The first-order valence-electron chi connectivity index (χ1n) is 6.09. The molecule has 110 valence electrons. The summed E-state index contributed by atoms with van der Waals surface area (Å²) >= 11 is 4.81. The van der Waals surface area contributed by atoms with Gasteiger partial charge in [0.2, 0.25) is 0 Å². The van der Waals surface area contributed by atoms with Crippen LogP contribution in [0.15, 0.2) is 12.4 Å². The van der Waals surface area contributed by atoms with Gasteiger partial charge in [-0.25, -0.2) is 9.97 Å². The maximum absolute atomic E-state index is 11.6. The third-order valence-electron chi connectivity index (χ3n) is 2.41. The highest BCUT2D eigenvalue weighted by atomic mass is 32.1. The molecule has 0 aromatic carbocycles. The number of aromatic nitrogens is 2. The molecule has 20 heavy (non-hydrogen) atoms. The molecule has 0 spiro atoms. The average molecular weight is 298 g/mol. The van der Waals surface area contributed by atoms with Crippen LogP contribution in [0.25, 0.3) is 0 Å². The van der Waals surface area contributed by atoms with E-state index in [-0.39, 0.29) is 17.5 Å². The number of nitrogens with zero attached hydrogens (tertiary/aromatic N) is 3. The number of hydrogen-bond donors (Lipinski definition) is 1. The number of hydrogen-bond acceptors (Lipinski definition) is 7. The van der Waals surface area contributed by atoms with Gasteiger partial charge in [-0.05, 0) is 6.92 Å². The quantitative estimate of drug-likeness (QED) is 0.535. The van der Waals surface area contributed by atoms with Crippen molar-refractivity contribution in [3.63, 3.8) is 0 Å². The summed E-state index contributed by atoms with van der Waals surface area (Å²) in [5.41, 5.74) is 5.90. The molecule has 7 nitrogen and oxygen atoms in total. The van der Waals surface area contributed by atoms with Crippen molar-refractivity contribution in [2.45, 2.75) is 6.92 Å². The average Bonchev–Trinajstić information content (AvgIpc) is 2.44. The van der Waals surface area contributed by atoms with Crippen molar-refractivity contribution in [1.82, 2.24) is 9.97 Å². The Bertz CT molecular complexity index is 453. The summed E-state index contributed by atoms with van der Waals surface area (Å²) in [6, 6.07) is 0. The van der Waals surface area contributed by atoms with E-state index in [9.17, 15) is 4.79 Å². The molecule has 0 radical (unpaired) electrons. The van der Waals surface area contributed by atoms with Crippen molar-refractivity contribution in [3.8, 4) is 0 Å². The Morgan fingerprint density at radius 3 is 2.70 bits per heavy atom. The van der Waals surface area contributed by atoms with Gasteiger partial charge in [-0.15, -0.1) is 0 Å². The van der Waals surface area contributed by atoms with E-state index in [2.05, 4.69) is 9.97 Å². The second-order valence-electron chi connectivity index (χ2n) is 3.84. The first-order valence-corrected chi connectivity index (χ1v) is 6.50. The molecule has 0 aliphatic rings. The Balaban J connectivity index is 2.80. The minimum Gasteiger partial charge on any atom is -0.465 e. The summed E-state index contributed by atoms with van der Waals surface area (Å²) in [6.45, 7) is 3.13. The summed E-state index contributed by atoms with van der Waals surface area (Å²) in [5.74, 6) is 0.207. The van der Waals surface area contributed by atoms with Gasteiger partial charge in [0, 0.05) is 13.7 Å². The van der Waals surface area contributed by atoms with Gasteiger partial charge < -0.3 is 20.1 Å². The number of thiocarbonyl (C=S) groups is 1. The molecule has 0 aliphatic carbocycles. The molecule has 0 unspecified atom stereocenters. The summed E-state index contributed by atoms with van der Waals surface area (Å²) in [6.07, 6.45) is 2.99. The molecule has 2 N–H and O–H groups in total. The van der Waals surface area contributed by atoms with Crippen molar-refractivity contribution >= 4 is 29.0 Å². The lowest BCUT2D eigenvalue weighted by atomic mass is 10.4. The smallest absolute Gasteiger partial charge is 0.325 e. The summed E-state index contributed by atoms with van der Waals surface area (Å²) in [4.78, 5) is 21.8. The van der Waals surface area contributed by atoms with Gasteiger partial charge in [0.05, 0.1) is 25.6 Å². The lowest BCUT2D eigenvalue weighted by Gasteiger charge is -2.21. The van der Waals surface area contributed by atoms with Crippen LogP contribution in [0, 0.1) is 0 Å². The van der Waals surface area contributed by atoms with E-state index in [1.807, 2.05) is 0 Å². The fourth-order valence-electron chi connectivity index (χ4n) is 1.45. The Morgan fingerprint density at radius 2 is 2.20 bits per heavy atom. The Kier molecular flexibility index (Phi) is 6.82. The standard InChI is InChI=1S/C12H18N4O3S/c1-3-19-11(17)8-16(4-5-18-2)10-7-14-9(6-15-10)12(13)20/h6-7H,3-5,8H2,1-2H3,(H2,13,20). The van der Waals surface area contributed by atoms with Crippen molar-refractivity contribution in [3.05, 3.63) is 18.1 Å². The van der Waals surface area contributed by atoms with Gasteiger partial charge in [-0.2, -0.15) is 0 Å². The minimum atomic E-state index is -0.330. The van der Waals surface area contributed by atoms with Gasteiger partial charge in [-0.3, -0.25) is 4.79 Å². The normalized spacial score (nSPS) is 10.1. The summed E-state index contributed by atoms with van der Waals surface area (Å²) in [7, 11) is 1.59. The fraction of sp³-hybridized carbons (Fsp3) is 0.500. The predicted molar refractivity (Wildman–Crippen MR) is 78.6 cm³/mol. The van der Waals surface area contributed by atoms with Crippen LogP contribution in [0.2, 0.25) is 0 Å². The summed E-state index contributed by atoms with van der Waals surface area (Å²) < 4.78 is 9.94. The van der Waals surface area contributed by atoms with Gasteiger partial charge in [0.1, 0.15) is 23.0 Å². The largest absolute Gasteiger partial charge is 0.465 e.